The van der Waals surface area contributed by atoms with Crippen molar-refractivity contribution in [1.29, 1.82) is 0 Å². The molecule has 3 aliphatic rings. The molecule has 0 fully saturated rings. The molecular weight excluding hydrogens is 192 g/mol. The smallest absolute Gasteiger partial charge is 0.0153 e. The van der Waals surface area contributed by atoms with E-state index in [1.54, 1.807) is 16.7 Å². The van der Waals surface area contributed by atoms with Gasteiger partial charge in [-0.15, -0.1) is 0 Å². The van der Waals surface area contributed by atoms with Gasteiger partial charge in [0.1, 0.15) is 0 Å². The van der Waals surface area contributed by atoms with Gasteiger partial charge in [0.2, 0.25) is 0 Å². The molecule has 2 unspecified atom stereocenters. The van der Waals surface area contributed by atoms with Crippen LogP contribution in [0, 0.1) is 6.92 Å². The number of benzene rings is 1. The zero-order valence-electron chi connectivity index (χ0n) is 10.2. The number of hydrogen-bond donors (Lipinski definition) is 0. The van der Waals surface area contributed by atoms with Crippen LogP contribution in [0.3, 0.4) is 0 Å². The number of aryl methyl sites for hydroxylation is 2. The lowest BCUT2D eigenvalue weighted by molar-refractivity contribution is 0.436. The molecule has 0 saturated heterocycles. The van der Waals surface area contributed by atoms with Crippen molar-refractivity contribution in [2.75, 3.05) is 0 Å². The molecule has 0 radical (unpaired) electrons. The molecule has 0 amide bonds. The highest BCUT2D eigenvalue weighted by Crippen LogP contribution is 2.52. The van der Waals surface area contributed by atoms with E-state index in [0.29, 0.717) is 0 Å². The van der Waals surface area contributed by atoms with Gasteiger partial charge in [-0.3, -0.25) is 0 Å². The first-order valence-electron chi connectivity index (χ1n) is 6.99. The summed E-state index contributed by atoms with van der Waals surface area (Å²) in [7, 11) is 0. The first-order chi connectivity index (χ1) is 7.84. The fourth-order valence-electron chi connectivity index (χ4n) is 4.58. The molecule has 0 aliphatic heterocycles. The predicted molar refractivity (Wildman–Crippen MR) is 67.2 cm³/mol. The van der Waals surface area contributed by atoms with Gasteiger partial charge in [0, 0.05) is 0 Å². The Bertz CT molecular complexity index is 456. The maximum atomic E-state index is 2.52. The fraction of sp³-hybridized carbons (Fsp3) is 0.625. The van der Waals surface area contributed by atoms with Crippen LogP contribution in [0.5, 0.6) is 0 Å². The average molecular weight is 212 g/mol. The summed E-state index contributed by atoms with van der Waals surface area (Å²) in [5.74, 6) is 1.88. The molecule has 0 N–H and O–H groups in total. The summed E-state index contributed by atoms with van der Waals surface area (Å²) in [4.78, 5) is 0. The van der Waals surface area contributed by atoms with Crippen LogP contribution in [0.2, 0.25) is 0 Å². The van der Waals surface area contributed by atoms with E-state index >= 15 is 0 Å². The van der Waals surface area contributed by atoms with E-state index in [-0.39, 0.29) is 0 Å². The summed E-state index contributed by atoms with van der Waals surface area (Å²) in [6, 6.07) is 2.52. The zero-order valence-corrected chi connectivity index (χ0v) is 10.2. The molecule has 2 atom stereocenters. The Labute approximate surface area is 98.1 Å². The van der Waals surface area contributed by atoms with Gasteiger partial charge in [-0.05, 0) is 91.5 Å². The third-order valence-electron chi connectivity index (χ3n) is 5.25. The van der Waals surface area contributed by atoms with Gasteiger partial charge in [-0.25, -0.2) is 0 Å². The molecule has 1 aromatic rings. The second-order valence-corrected chi connectivity index (χ2v) is 6.06. The minimum Gasteiger partial charge on any atom is -0.0555 e. The molecular formula is C16H20. The van der Waals surface area contributed by atoms with Crippen molar-refractivity contribution in [3.63, 3.8) is 0 Å². The summed E-state index contributed by atoms with van der Waals surface area (Å²) in [6.07, 6.45) is 10.0. The molecule has 0 heteroatoms. The van der Waals surface area contributed by atoms with Gasteiger partial charge in [-0.1, -0.05) is 6.07 Å². The van der Waals surface area contributed by atoms with Crippen LogP contribution in [0.25, 0.3) is 0 Å². The topological polar surface area (TPSA) is 0 Å². The maximum absolute atomic E-state index is 2.52. The van der Waals surface area contributed by atoms with E-state index in [0.717, 1.165) is 11.8 Å². The van der Waals surface area contributed by atoms with Crippen molar-refractivity contribution in [3.05, 3.63) is 33.9 Å². The van der Waals surface area contributed by atoms with Gasteiger partial charge in [0.05, 0.1) is 0 Å². The quantitative estimate of drug-likeness (QED) is 0.603. The molecule has 0 saturated carbocycles. The number of rotatable bonds is 0. The molecule has 0 aromatic heterocycles. The van der Waals surface area contributed by atoms with E-state index < -0.39 is 0 Å². The summed E-state index contributed by atoms with van der Waals surface area (Å²) < 4.78 is 0. The Morgan fingerprint density at radius 3 is 2.62 bits per heavy atom. The van der Waals surface area contributed by atoms with Crippen molar-refractivity contribution in [2.24, 2.45) is 0 Å². The van der Waals surface area contributed by atoms with Crippen LogP contribution in [-0.4, -0.2) is 0 Å². The molecule has 16 heavy (non-hydrogen) atoms. The second kappa shape index (κ2) is 3.12. The Hall–Kier alpha value is -0.780. The highest BCUT2D eigenvalue weighted by atomic mass is 14.4. The van der Waals surface area contributed by atoms with Crippen LogP contribution >= 0.6 is 0 Å². The largest absolute Gasteiger partial charge is 0.0555 e. The van der Waals surface area contributed by atoms with Crippen molar-refractivity contribution >= 4 is 0 Å². The van der Waals surface area contributed by atoms with Crippen LogP contribution in [0.1, 0.15) is 71.8 Å². The molecule has 1 aromatic carbocycles. The third-order valence-corrected chi connectivity index (χ3v) is 5.25. The molecule has 0 heterocycles. The SMILES string of the molecule is Cc1cc2c3c4c1CCCC4CCC3CC2. The summed E-state index contributed by atoms with van der Waals surface area (Å²) in [5, 5.41) is 0. The second-order valence-electron chi connectivity index (χ2n) is 6.06. The van der Waals surface area contributed by atoms with E-state index in [1.807, 2.05) is 11.1 Å². The molecule has 3 aliphatic carbocycles. The highest BCUT2D eigenvalue weighted by molar-refractivity contribution is 5.53. The van der Waals surface area contributed by atoms with Crippen molar-refractivity contribution < 1.29 is 0 Å². The van der Waals surface area contributed by atoms with Crippen molar-refractivity contribution in [1.82, 2.24) is 0 Å². The van der Waals surface area contributed by atoms with E-state index in [1.165, 1.54) is 44.9 Å². The highest BCUT2D eigenvalue weighted by Gasteiger charge is 2.36. The lowest BCUT2D eigenvalue weighted by atomic mass is 9.69. The van der Waals surface area contributed by atoms with E-state index in [4.69, 9.17) is 0 Å². The monoisotopic (exact) mass is 212 g/mol. The molecule has 0 bridgehead atoms. The van der Waals surface area contributed by atoms with Gasteiger partial charge in [-0.2, -0.15) is 0 Å². The third kappa shape index (κ3) is 1.06. The molecule has 0 spiro atoms. The molecule has 4 rings (SSSR count). The van der Waals surface area contributed by atoms with Gasteiger partial charge >= 0.3 is 0 Å². The Kier molecular flexibility index (Phi) is 1.81. The zero-order chi connectivity index (χ0) is 10.7. The minimum atomic E-state index is 0.937. The summed E-state index contributed by atoms with van der Waals surface area (Å²) in [5.41, 5.74) is 8.74. The Morgan fingerprint density at radius 1 is 0.938 bits per heavy atom. The Morgan fingerprint density at radius 2 is 1.75 bits per heavy atom. The lowest BCUT2D eigenvalue weighted by Crippen LogP contribution is -2.20. The first-order valence-corrected chi connectivity index (χ1v) is 6.99. The van der Waals surface area contributed by atoms with Crippen LogP contribution in [0.15, 0.2) is 6.07 Å². The van der Waals surface area contributed by atoms with Crippen LogP contribution in [-0.2, 0) is 12.8 Å². The Balaban J connectivity index is 2.04. The minimum absolute atomic E-state index is 0.937. The maximum Gasteiger partial charge on any atom is -0.0153 e. The van der Waals surface area contributed by atoms with E-state index in [2.05, 4.69) is 13.0 Å². The predicted octanol–water partition coefficient (Wildman–Crippen LogP) is 4.24. The van der Waals surface area contributed by atoms with Crippen LogP contribution in [0.4, 0.5) is 0 Å². The van der Waals surface area contributed by atoms with Gasteiger partial charge in [0.15, 0.2) is 0 Å². The van der Waals surface area contributed by atoms with Gasteiger partial charge in [0.25, 0.3) is 0 Å². The summed E-state index contributed by atoms with van der Waals surface area (Å²) in [6.45, 7) is 2.34. The standard InChI is InChI=1S/C16H20/c1-10-9-13-8-7-12-6-5-11-3-2-4-14(10)16(11)15(12)13/h9,11-12H,2-8H2,1H3. The van der Waals surface area contributed by atoms with E-state index in [9.17, 15) is 0 Å². The average Bonchev–Trinajstić information content (AvgIpc) is 2.72. The van der Waals surface area contributed by atoms with Crippen molar-refractivity contribution in [2.45, 2.75) is 63.7 Å². The fourth-order valence-corrected chi connectivity index (χ4v) is 4.58. The normalized spacial score (nSPS) is 30.3. The summed E-state index contributed by atoms with van der Waals surface area (Å²) >= 11 is 0. The lowest BCUT2D eigenvalue weighted by Gasteiger charge is -2.35. The van der Waals surface area contributed by atoms with Gasteiger partial charge < -0.3 is 0 Å². The first kappa shape index (κ1) is 9.27. The van der Waals surface area contributed by atoms with Crippen molar-refractivity contribution in [3.8, 4) is 0 Å². The molecule has 0 nitrogen and oxygen atoms in total. The van der Waals surface area contributed by atoms with Crippen LogP contribution < -0.4 is 0 Å². The number of hydrogen-bond acceptors (Lipinski definition) is 0. The molecule has 84 valence electrons.